The molecule has 0 saturated heterocycles. The van der Waals surface area contributed by atoms with E-state index in [1.807, 2.05) is 24.3 Å². The summed E-state index contributed by atoms with van der Waals surface area (Å²) >= 11 is 0. The van der Waals surface area contributed by atoms with Crippen LogP contribution in [0, 0.1) is 0 Å². The topological polar surface area (TPSA) is 32.8 Å². The molecule has 0 aliphatic rings. The summed E-state index contributed by atoms with van der Waals surface area (Å²) in [6, 6.07) is 95.1. The Balaban J connectivity index is 1.04. The minimum absolute atomic E-state index is 0.830. The van der Waals surface area contributed by atoms with Crippen molar-refractivity contribution in [2.45, 2.75) is 0 Å². The molecule has 0 saturated carbocycles. The van der Waals surface area contributed by atoms with Gasteiger partial charge in [-0.2, -0.15) is 0 Å². The fourth-order valence-electron chi connectivity index (χ4n) is 9.97. The van der Waals surface area contributed by atoms with Gasteiger partial charge in [-0.1, -0.05) is 170 Å². The van der Waals surface area contributed by atoms with Crippen molar-refractivity contribution in [1.82, 2.24) is 0 Å². The summed E-state index contributed by atoms with van der Waals surface area (Å²) in [5.41, 5.74) is 18.6. The molecular weight excluding hydrogens is 853 g/mol. The number of para-hydroxylation sites is 2. The van der Waals surface area contributed by atoms with Gasteiger partial charge in [-0.25, -0.2) is 0 Å². The first-order chi connectivity index (χ1) is 34.7. The molecular formula is C66H44N2O2. The third-order valence-electron chi connectivity index (χ3n) is 13.4. The van der Waals surface area contributed by atoms with Crippen LogP contribution in [0.5, 0.6) is 0 Å². The molecule has 11 aromatic carbocycles. The lowest BCUT2D eigenvalue weighted by molar-refractivity contribution is 0.668. The van der Waals surface area contributed by atoms with Crippen LogP contribution in [0.15, 0.2) is 276 Å². The van der Waals surface area contributed by atoms with E-state index in [2.05, 4.69) is 252 Å². The van der Waals surface area contributed by atoms with E-state index in [9.17, 15) is 0 Å². The molecule has 0 spiro atoms. The molecule has 70 heavy (non-hydrogen) atoms. The Bertz CT molecular complexity index is 3890. The highest BCUT2D eigenvalue weighted by molar-refractivity contribution is 6.07. The monoisotopic (exact) mass is 896 g/mol. The minimum atomic E-state index is 0.830. The highest BCUT2D eigenvalue weighted by Crippen LogP contribution is 2.46. The van der Waals surface area contributed by atoms with E-state index < -0.39 is 0 Å². The fourth-order valence-corrected chi connectivity index (χ4v) is 9.97. The van der Waals surface area contributed by atoms with Crippen LogP contribution < -0.4 is 9.80 Å². The molecule has 0 bridgehead atoms. The van der Waals surface area contributed by atoms with Crippen LogP contribution in [0.4, 0.5) is 34.1 Å². The molecule has 13 aromatic rings. The molecule has 0 amide bonds. The van der Waals surface area contributed by atoms with Crippen LogP contribution in [0.25, 0.3) is 88.4 Å². The number of nitrogens with zero attached hydrogens (tertiary/aromatic N) is 2. The highest BCUT2D eigenvalue weighted by atomic mass is 16.3. The maximum Gasteiger partial charge on any atom is 0.137 e. The first-order valence-electron chi connectivity index (χ1n) is 23.7. The molecule has 4 heteroatoms. The Kier molecular flexibility index (Phi) is 10.1. The van der Waals surface area contributed by atoms with E-state index in [0.29, 0.717) is 0 Å². The Morgan fingerprint density at radius 3 is 1.04 bits per heavy atom. The summed E-state index contributed by atoms with van der Waals surface area (Å²) < 4.78 is 12.9. The lowest BCUT2D eigenvalue weighted by atomic mass is 9.99. The molecule has 2 heterocycles. The highest BCUT2D eigenvalue weighted by Gasteiger charge is 2.22. The van der Waals surface area contributed by atoms with Gasteiger partial charge in [-0.15, -0.1) is 0 Å². The van der Waals surface area contributed by atoms with Crippen molar-refractivity contribution in [3.8, 4) is 44.5 Å². The smallest absolute Gasteiger partial charge is 0.137 e. The van der Waals surface area contributed by atoms with Gasteiger partial charge in [0.25, 0.3) is 0 Å². The van der Waals surface area contributed by atoms with Gasteiger partial charge in [0, 0.05) is 61.7 Å². The first-order valence-corrected chi connectivity index (χ1v) is 23.7. The molecule has 13 rings (SSSR count). The Morgan fingerprint density at radius 2 is 0.543 bits per heavy atom. The Hall–Kier alpha value is -9.38. The zero-order valence-corrected chi connectivity index (χ0v) is 38.1. The maximum absolute atomic E-state index is 6.57. The average Bonchev–Trinajstić information content (AvgIpc) is 4.00. The number of benzene rings is 11. The van der Waals surface area contributed by atoms with Gasteiger partial charge in [-0.3, -0.25) is 0 Å². The van der Waals surface area contributed by atoms with E-state index in [4.69, 9.17) is 8.83 Å². The van der Waals surface area contributed by atoms with Crippen molar-refractivity contribution in [2.75, 3.05) is 9.80 Å². The number of hydrogen-bond acceptors (Lipinski definition) is 4. The lowest BCUT2D eigenvalue weighted by Crippen LogP contribution is -2.13. The van der Waals surface area contributed by atoms with Crippen molar-refractivity contribution >= 4 is 78.0 Å². The summed E-state index contributed by atoms with van der Waals surface area (Å²) in [6.07, 6.45) is 0. The minimum Gasteiger partial charge on any atom is -0.456 e. The first kappa shape index (κ1) is 40.9. The maximum atomic E-state index is 6.57. The quantitative estimate of drug-likeness (QED) is 0.137. The van der Waals surface area contributed by atoms with Crippen molar-refractivity contribution in [3.05, 3.63) is 267 Å². The normalized spacial score (nSPS) is 11.4. The van der Waals surface area contributed by atoms with Crippen LogP contribution in [0.2, 0.25) is 0 Å². The summed E-state index contributed by atoms with van der Waals surface area (Å²) in [5, 5.41) is 4.35. The van der Waals surface area contributed by atoms with E-state index in [1.54, 1.807) is 0 Å². The largest absolute Gasteiger partial charge is 0.456 e. The van der Waals surface area contributed by atoms with Gasteiger partial charge in [0.2, 0.25) is 0 Å². The predicted octanol–water partition coefficient (Wildman–Crippen LogP) is 19.1. The van der Waals surface area contributed by atoms with Crippen molar-refractivity contribution in [2.24, 2.45) is 0 Å². The molecule has 4 nitrogen and oxygen atoms in total. The molecule has 0 radical (unpaired) electrons. The SMILES string of the molecule is c1ccc(-c2ccc(N(c3ccc(-c4ccccc4)cc3)c3cc(-c4ccc5oc6ccccc6c5c4)cc(N(c4ccc(-c5ccccc5)cc4)c4ccc5c(c4)oc4ccccc45)c3)cc2)cc1. The lowest BCUT2D eigenvalue weighted by Gasteiger charge is -2.30. The third-order valence-corrected chi connectivity index (χ3v) is 13.4. The standard InChI is InChI=1S/C66H44N2O2/c1-4-14-45(15-5-1)48-24-31-53(32-25-48)67(54-33-26-49(27-34-54)46-16-6-2-7-17-46)57-40-52(51-30-39-65-62(42-51)60-21-11-13-23-64(60)69-65)41-58(43-57)68(55-35-28-50(29-36-55)47-18-8-3-9-19-47)56-37-38-61-59-20-10-12-22-63(59)70-66(61)44-56/h1-44H. The molecule has 0 aliphatic heterocycles. The van der Waals surface area contributed by atoms with E-state index in [-0.39, 0.29) is 0 Å². The molecule has 0 unspecified atom stereocenters. The predicted molar refractivity (Wildman–Crippen MR) is 292 cm³/mol. The van der Waals surface area contributed by atoms with Gasteiger partial charge >= 0.3 is 0 Å². The average molecular weight is 897 g/mol. The van der Waals surface area contributed by atoms with Gasteiger partial charge in [0.15, 0.2) is 0 Å². The molecule has 0 N–H and O–H groups in total. The second kappa shape index (κ2) is 17.4. The van der Waals surface area contributed by atoms with Crippen LogP contribution in [-0.2, 0) is 0 Å². The van der Waals surface area contributed by atoms with Crippen molar-refractivity contribution in [1.29, 1.82) is 0 Å². The zero-order valence-electron chi connectivity index (χ0n) is 38.1. The zero-order chi connectivity index (χ0) is 46.4. The van der Waals surface area contributed by atoms with E-state index in [0.717, 1.165) is 106 Å². The second-order valence-corrected chi connectivity index (χ2v) is 17.7. The van der Waals surface area contributed by atoms with Crippen LogP contribution >= 0.6 is 0 Å². The third kappa shape index (κ3) is 7.54. The molecule has 330 valence electrons. The summed E-state index contributed by atoms with van der Waals surface area (Å²) in [6.45, 7) is 0. The van der Waals surface area contributed by atoms with Gasteiger partial charge in [0.05, 0.1) is 0 Å². The number of hydrogen-bond donors (Lipinski definition) is 0. The summed E-state index contributed by atoms with van der Waals surface area (Å²) in [5.74, 6) is 0. The van der Waals surface area contributed by atoms with E-state index >= 15 is 0 Å². The van der Waals surface area contributed by atoms with Crippen LogP contribution in [0.1, 0.15) is 0 Å². The molecule has 2 aromatic heterocycles. The van der Waals surface area contributed by atoms with Gasteiger partial charge in [-0.05, 0) is 136 Å². The number of rotatable bonds is 10. The van der Waals surface area contributed by atoms with Crippen molar-refractivity contribution < 1.29 is 8.83 Å². The molecule has 0 fully saturated rings. The number of fused-ring (bicyclic) bond motifs is 6. The number of furan rings is 2. The Labute approximate surface area is 406 Å². The number of anilines is 6. The molecule has 0 atom stereocenters. The van der Waals surface area contributed by atoms with Gasteiger partial charge in [0.1, 0.15) is 22.3 Å². The molecule has 0 aliphatic carbocycles. The second-order valence-electron chi connectivity index (χ2n) is 17.7. The Morgan fingerprint density at radius 1 is 0.186 bits per heavy atom. The van der Waals surface area contributed by atoms with Crippen LogP contribution in [-0.4, -0.2) is 0 Å². The van der Waals surface area contributed by atoms with Crippen LogP contribution in [0.3, 0.4) is 0 Å². The van der Waals surface area contributed by atoms with Crippen molar-refractivity contribution in [3.63, 3.8) is 0 Å². The fraction of sp³-hybridized carbons (Fsp3) is 0. The summed E-state index contributed by atoms with van der Waals surface area (Å²) in [4.78, 5) is 4.73. The van der Waals surface area contributed by atoms with Gasteiger partial charge < -0.3 is 18.6 Å². The van der Waals surface area contributed by atoms with E-state index in [1.165, 1.54) is 16.7 Å². The summed E-state index contributed by atoms with van der Waals surface area (Å²) in [7, 11) is 0.